The van der Waals surface area contributed by atoms with E-state index in [1.807, 2.05) is 12.1 Å². The van der Waals surface area contributed by atoms with Gasteiger partial charge in [0.25, 0.3) is 0 Å². The molecule has 0 saturated heterocycles. The fourth-order valence-corrected chi connectivity index (χ4v) is 14.7. The molecule has 0 amide bonds. The van der Waals surface area contributed by atoms with Crippen LogP contribution in [0, 0.1) is 17.9 Å². The molecule has 0 saturated carbocycles. The van der Waals surface area contributed by atoms with Crippen LogP contribution in [0.1, 0.15) is 55.5 Å². The number of hydrogen-bond acceptors (Lipinski definition) is 1. The van der Waals surface area contributed by atoms with Gasteiger partial charge in [0.05, 0.1) is 67.6 Å². The monoisotopic (exact) mass is 1020 g/mol. The van der Waals surface area contributed by atoms with Gasteiger partial charge in [0, 0.05) is 65.3 Å². The Bertz CT molecular complexity index is 4960. The van der Waals surface area contributed by atoms with Gasteiger partial charge in [-0.3, -0.25) is 0 Å². The number of hydrogen-bond donors (Lipinski definition) is 0. The van der Waals surface area contributed by atoms with E-state index < -0.39 is 0 Å². The molecule has 0 radical (unpaired) electrons. The van der Waals surface area contributed by atoms with Crippen LogP contribution in [0.2, 0.25) is 0 Å². The largest absolute Gasteiger partial charge is 0.319 e. The lowest BCUT2D eigenvalue weighted by Crippen LogP contribution is -2.15. The Labute approximate surface area is 461 Å². The van der Waals surface area contributed by atoms with Gasteiger partial charge in [-0.25, -0.2) is 4.85 Å². The number of rotatable bonds is 4. The van der Waals surface area contributed by atoms with Gasteiger partial charge in [-0.05, 0) is 142 Å². The summed E-state index contributed by atoms with van der Waals surface area (Å²) in [6.07, 6.45) is 0. The molecule has 4 aromatic heterocycles. The SMILES string of the molecule is [C-]#[N+]c1cc(-n2c3ccc(-n4c5ccccc5c5ccccc54)cc3c3cc4c(cc32)C(C)(C)c2ccccc2-4)c(C#N)cc1-n1c2ccc(-n3c4ccccc4c4ccccc43)cc2c2cc3c(cc21)C(C)(C)c1ccccc1-3. The molecule has 0 bridgehead atoms. The first-order chi connectivity index (χ1) is 39.1. The van der Waals surface area contributed by atoms with Crippen LogP contribution >= 0.6 is 0 Å². The highest BCUT2D eigenvalue weighted by molar-refractivity contribution is 6.16. The van der Waals surface area contributed by atoms with Crippen LogP contribution in [0.25, 0.3) is 137 Å². The molecule has 80 heavy (non-hydrogen) atoms. The second kappa shape index (κ2) is 15.6. The number of nitriles is 1. The fraction of sp³-hybridized carbons (Fsp3) is 0.0811. The normalized spacial score (nSPS) is 13.9. The summed E-state index contributed by atoms with van der Waals surface area (Å²) in [5.74, 6) is 0. The van der Waals surface area contributed by atoms with Crippen LogP contribution < -0.4 is 0 Å². The van der Waals surface area contributed by atoms with Gasteiger partial charge in [0.1, 0.15) is 6.07 Å². The van der Waals surface area contributed by atoms with Crippen molar-refractivity contribution in [2.45, 2.75) is 38.5 Å². The summed E-state index contributed by atoms with van der Waals surface area (Å²) < 4.78 is 9.26. The average molecular weight is 1020 g/mol. The second-order valence-corrected chi connectivity index (χ2v) is 23.1. The minimum absolute atomic E-state index is 0.270. The first kappa shape index (κ1) is 44.7. The summed E-state index contributed by atoms with van der Waals surface area (Å²) in [5, 5.41) is 20.8. The predicted octanol–water partition coefficient (Wildman–Crippen LogP) is 19.1. The van der Waals surface area contributed by atoms with Crippen molar-refractivity contribution in [1.82, 2.24) is 18.3 Å². The van der Waals surface area contributed by atoms with Crippen LogP contribution in [-0.2, 0) is 10.8 Å². The van der Waals surface area contributed by atoms with Gasteiger partial charge in [-0.2, -0.15) is 5.26 Å². The number of nitrogens with zero attached hydrogens (tertiary/aromatic N) is 6. The first-order valence-corrected chi connectivity index (χ1v) is 27.5. The van der Waals surface area contributed by atoms with Gasteiger partial charge in [0.15, 0.2) is 0 Å². The van der Waals surface area contributed by atoms with E-state index >= 15 is 0 Å². The van der Waals surface area contributed by atoms with Crippen molar-refractivity contribution in [3.05, 3.63) is 258 Å². The predicted molar refractivity (Wildman–Crippen MR) is 330 cm³/mol. The number of para-hydroxylation sites is 4. The highest BCUT2D eigenvalue weighted by Crippen LogP contribution is 2.54. The Balaban J connectivity index is 0.937. The van der Waals surface area contributed by atoms with E-state index in [0.717, 1.165) is 77.1 Å². The summed E-state index contributed by atoms with van der Waals surface area (Å²) in [6, 6.07) is 81.8. The lowest BCUT2D eigenvalue weighted by Gasteiger charge is -2.22. The maximum atomic E-state index is 11.7. The van der Waals surface area contributed by atoms with E-state index in [0.29, 0.717) is 22.6 Å². The minimum atomic E-state index is -0.271. The smallest absolute Gasteiger partial charge is 0.212 e. The molecule has 0 fully saturated rings. The minimum Gasteiger partial charge on any atom is -0.319 e. The topological polar surface area (TPSA) is 47.9 Å². The molecule has 0 N–H and O–H groups in total. The number of aromatic nitrogens is 4. The molecule has 2 aliphatic carbocycles. The molecule has 0 aliphatic heterocycles. The summed E-state index contributed by atoms with van der Waals surface area (Å²) in [4.78, 5) is 4.42. The van der Waals surface area contributed by atoms with Crippen molar-refractivity contribution < 1.29 is 0 Å². The zero-order valence-corrected chi connectivity index (χ0v) is 44.5. The van der Waals surface area contributed by atoms with E-state index in [2.05, 4.69) is 263 Å². The first-order valence-electron chi connectivity index (χ1n) is 27.5. The zero-order chi connectivity index (χ0) is 53.5. The van der Waals surface area contributed by atoms with Crippen LogP contribution in [0.5, 0.6) is 0 Å². The molecule has 17 rings (SSSR count). The van der Waals surface area contributed by atoms with Crippen LogP contribution in [0.15, 0.2) is 218 Å². The van der Waals surface area contributed by atoms with E-state index in [1.54, 1.807) is 0 Å². The summed E-state index contributed by atoms with van der Waals surface area (Å²) >= 11 is 0. The van der Waals surface area contributed by atoms with Crippen molar-refractivity contribution in [2.75, 3.05) is 0 Å². The van der Waals surface area contributed by atoms with Gasteiger partial charge < -0.3 is 18.3 Å². The van der Waals surface area contributed by atoms with Crippen LogP contribution in [0.4, 0.5) is 5.69 Å². The van der Waals surface area contributed by atoms with Crippen molar-refractivity contribution >= 4 is 92.9 Å². The van der Waals surface area contributed by atoms with Crippen molar-refractivity contribution in [3.63, 3.8) is 0 Å². The quantitative estimate of drug-likeness (QED) is 0.162. The Morgan fingerprint density at radius 1 is 0.338 bits per heavy atom. The average Bonchev–Trinajstić information content (AvgIpc) is 4.49. The molecule has 6 nitrogen and oxygen atoms in total. The van der Waals surface area contributed by atoms with Crippen molar-refractivity contribution in [1.29, 1.82) is 5.26 Å². The van der Waals surface area contributed by atoms with Crippen molar-refractivity contribution in [2.24, 2.45) is 0 Å². The second-order valence-electron chi connectivity index (χ2n) is 23.1. The Morgan fingerprint density at radius 3 is 1.14 bits per heavy atom. The molecule has 2 aliphatic rings. The standard InChI is InChI=1S/C74H48N6/c1-73(2)58-24-12-6-18-46(58)52-37-56-54-35-44(77-63-26-14-8-20-48(63)49-21-9-15-27-64(49)77)30-32-67(54)79(70(56)39-60(52)73)69-41-62(76-5)72(34-43(69)42-75)80-68-33-31-45(78-65-28-16-10-22-50(65)51-23-11-17-29-66(51)78)36-55(68)57-38-53-47-19-7-13-25-59(47)74(3,4)61(53)40-71(57)80/h6-41H,1-4H3. The third-order valence-corrected chi connectivity index (χ3v) is 18.4. The Hall–Kier alpha value is -10.4. The fourth-order valence-electron chi connectivity index (χ4n) is 14.7. The van der Waals surface area contributed by atoms with Gasteiger partial charge in [0.2, 0.25) is 5.69 Å². The molecule has 15 aromatic rings. The maximum Gasteiger partial charge on any atom is 0.212 e. The zero-order valence-electron chi connectivity index (χ0n) is 44.5. The van der Waals surface area contributed by atoms with E-state index in [9.17, 15) is 5.26 Å². The lowest BCUT2D eigenvalue weighted by molar-refractivity contribution is 0.661. The summed E-state index contributed by atoms with van der Waals surface area (Å²) in [7, 11) is 0. The molecule has 0 unspecified atom stereocenters. The van der Waals surface area contributed by atoms with Gasteiger partial charge >= 0.3 is 0 Å². The molecular weight excluding hydrogens is 973 g/mol. The highest BCUT2D eigenvalue weighted by Gasteiger charge is 2.38. The molecule has 6 heteroatoms. The molecule has 0 spiro atoms. The van der Waals surface area contributed by atoms with Crippen LogP contribution in [0.3, 0.4) is 0 Å². The third kappa shape index (κ3) is 5.69. The summed E-state index contributed by atoms with van der Waals surface area (Å²) in [5.41, 5.74) is 22.4. The van der Waals surface area contributed by atoms with E-state index in [4.69, 9.17) is 6.57 Å². The Kier molecular flexibility index (Phi) is 8.74. The highest BCUT2D eigenvalue weighted by atomic mass is 15.0. The third-order valence-electron chi connectivity index (χ3n) is 18.4. The summed E-state index contributed by atoms with van der Waals surface area (Å²) in [6.45, 7) is 18.4. The molecule has 0 atom stereocenters. The molecule has 4 heterocycles. The number of benzene rings is 11. The molecular formula is C74H48N6. The van der Waals surface area contributed by atoms with Crippen molar-refractivity contribution in [3.8, 4) is 51.1 Å². The number of fused-ring (bicyclic) bond motifs is 18. The van der Waals surface area contributed by atoms with Crippen LogP contribution in [-0.4, -0.2) is 18.3 Å². The maximum absolute atomic E-state index is 11.7. The van der Waals surface area contributed by atoms with E-state index in [-0.39, 0.29) is 10.8 Å². The molecule has 374 valence electrons. The van der Waals surface area contributed by atoms with Gasteiger partial charge in [-0.15, -0.1) is 0 Å². The molecule has 11 aromatic carbocycles. The lowest BCUT2D eigenvalue weighted by atomic mass is 9.82. The van der Waals surface area contributed by atoms with E-state index in [1.165, 1.54) is 66.1 Å². The van der Waals surface area contributed by atoms with Gasteiger partial charge in [-0.1, -0.05) is 149 Å². The Morgan fingerprint density at radius 2 is 0.713 bits per heavy atom.